The van der Waals surface area contributed by atoms with Crippen molar-refractivity contribution in [3.63, 3.8) is 0 Å². The third-order valence-electron chi connectivity index (χ3n) is 3.70. The predicted octanol–water partition coefficient (Wildman–Crippen LogP) is 3.54. The van der Waals surface area contributed by atoms with Crippen molar-refractivity contribution >= 4 is 23.2 Å². The van der Waals surface area contributed by atoms with Crippen LogP contribution < -0.4 is 15.6 Å². The lowest BCUT2D eigenvalue weighted by molar-refractivity contribution is 0.414. The van der Waals surface area contributed by atoms with Crippen LogP contribution in [0.2, 0.25) is 5.02 Å². The van der Waals surface area contributed by atoms with Crippen LogP contribution in [0.3, 0.4) is 0 Å². The van der Waals surface area contributed by atoms with Gasteiger partial charge in [-0.2, -0.15) is 10.1 Å². The van der Waals surface area contributed by atoms with Crippen LogP contribution in [0.4, 0.5) is 16.0 Å². The van der Waals surface area contributed by atoms with Crippen LogP contribution in [0.15, 0.2) is 47.4 Å². The highest BCUT2D eigenvalue weighted by Crippen LogP contribution is 2.24. The summed E-state index contributed by atoms with van der Waals surface area (Å²) in [6, 6.07) is 9.67. The number of ether oxygens (including phenoxy) is 1. The highest BCUT2D eigenvalue weighted by atomic mass is 35.5. The van der Waals surface area contributed by atoms with E-state index in [0.717, 1.165) is 23.2 Å². The van der Waals surface area contributed by atoms with Crippen molar-refractivity contribution in [2.45, 2.75) is 13.5 Å². The normalized spacial score (nSPS) is 10.6. The van der Waals surface area contributed by atoms with Crippen LogP contribution >= 0.6 is 11.6 Å². The van der Waals surface area contributed by atoms with E-state index in [-0.39, 0.29) is 17.5 Å². The zero-order valence-electron chi connectivity index (χ0n) is 14.2. The Kier molecular flexibility index (Phi) is 5.18. The molecule has 0 bridgehead atoms. The van der Waals surface area contributed by atoms with Crippen molar-refractivity contribution in [3.8, 4) is 5.75 Å². The van der Waals surface area contributed by atoms with Gasteiger partial charge in [-0.1, -0.05) is 11.6 Å². The second-order valence-electron chi connectivity index (χ2n) is 5.66. The third-order valence-corrected chi connectivity index (χ3v) is 3.92. The number of aromatic nitrogens is 3. The summed E-state index contributed by atoms with van der Waals surface area (Å²) in [5.74, 6) is 0.521. The summed E-state index contributed by atoms with van der Waals surface area (Å²) >= 11 is 5.90. The number of nitrogens with zero attached hydrogens (tertiary/aromatic N) is 3. The molecule has 134 valence electrons. The first-order valence-corrected chi connectivity index (χ1v) is 8.13. The molecule has 0 aliphatic carbocycles. The molecular formula is C18H16ClFN4O2. The van der Waals surface area contributed by atoms with Crippen LogP contribution in [-0.4, -0.2) is 21.9 Å². The molecule has 0 saturated carbocycles. The Morgan fingerprint density at radius 1 is 1.27 bits per heavy atom. The monoisotopic (exact) mass is 374 g/mol. The number of hydrogen-bond acceptors (Lipinski definition) is 5. The van der Waals surface area contributed by atoms with Gasteiger partial charge in [-0.15, -0.1) is 0 Å². The Labute approximate surface area is 154 Å². The molecule has 0 aliphatic rings. The molecule has 26 heavy (non-hydrogen) atoms. The quantitative estimate of drug-likeness (QED) is 0.739. The van der Waals surface area contributed by atoms with Gasteiger partial charge in [-0.05, 0) is 54.4 Å². The number of anilines is 2. The maximum absolute atomic E-state index is 13.6. The zero-order valence-corrected chi connectivity index (χ0v) is 14.9. The molecular weight excluding hydrogens is 359 g/mol. The fourth-order valence-electron chi connectivity index (χ4n) is 2.47. The van der Waals surface area contributed by atoms with Crippen LogP contribution in [0, 0.1) is 12.7 Å². The van der Waals surface area contributed by atoms with E-state index < -0.39 is 11.4 Å². The number of rotatable bonds is 5. The van der Waals surface area contributed by atoms with Crippen LogP contribution in [0.1, 0.15) is 11.1 Å². The zero-order chi connectivity index (χ0) is 18.7. The lowest BCUT2D eigenvalue weighted by Gasteiger charge is -2.14. The van der Waals surface area contributed by atoms with Gasteiger partial charge in [0, 0.05) is 10.7 Å². The van der Waals surface area contributed by atoms with Crippen LogP contribution in [-0.2, 0) is 6.54 Å². The fraction of sp³-hybridized carbons (Fsp3) is 0.167. The maximum atomic E-state index is 13.6. The largest absolute Gasteiger partial charge is 0.497 e. The van der Waals surface area contributed by atoms with Gasteiger partial charge in [-0.3, -0.25) is 4.79 Å². The smallest absolute Gasteiger partial charge is 0.293 e. The molecule has 1 aromatic heterocycles. The van der Waals surface area contributed by atoms with Gasteiger partial charge in [0.15, 0.2) is 0 Å². The Bertz CT molecular complexity index is 986. The van der Waals surface area contributed by atoms with Gasteiger partial charge in [0.25, 0.3) is 5.56 Å². The van der Waals surface area contributed by atoms with E-state index in [9.17, 15) is 9.18 Å². The van der Waals surface area contributed by atoms with Crippen LogP contribution in [0.25, 0.3) is 0 Å². The Morgan fingerprint density at radius 3 is 2.77 bits per heavy atom. The summed E-state index contributed by atoms with van der Waals surface area (Å²) in [6.07, 6.45) is 1.10. The molecule has 0 atom stereocenters. The maximum Gasteiger partial charge on any atom is 0.293 e. The number of aryl methyl sites for hydroxylation is 1. The number of methoxy groups -OCH3 is 1. The van der Waals surface area contributed by atoms with Crippen molar-refractivity contribution in [1.82, 2.24) is 14.8 Å². The van der Waals surface area contributed by atoms with Gasteiger partial charge < -0.3 is 10.1 Å². The molecule has 0 radical (unpaired) electrons. The first kappa shape index (κ1) is 17.9. The SMILES string of the molecule is COc1ccc(Nc2nc(=O)cnn2Cc2cc(F)cc(Cl)c2)c(C)c1. The lowest BCUT2D eigenvalue weighted by Crippen LogP contribution is -2.19. The lowest BCUT2D eigenvalue weighted by atomic mass is 10.2. The van der Waals surface area contributed by atoms with Gasteiger partial charge in [0.2, 0.25) is 5.95 Å². The first-order valence-electron chi connectivity index (χ1n) is 7.75. The highest BCUT2D eigenvalue weighted by Gasteiger charge is 2.09. The predicted molar refractivity (Wildman–Crippen MR) is 97.8 cm³/mol. The summed E-state index contributed by atoms with van der Waals surface area (Å²) in [6.45, 7) is 2.10. The summed E-state index contributed by atoms with van der Waals surface area (Å²) < 4.78 is 20.2. The summed E-state index contributed by atoms with van der Waals surface area (Å²) in [4.78, 5) is 15.6. The Balaban J connectivity index is 1.94. The molecule has 0 unspecified atom stereocenters. The van der Waals surface area contributed by atoms with Gasteiger partial charge >= 0.3 is 0 Å². The van der Waals surface area contributed by atoms with E-state index in [1.54, 1.807) is 19.2 Å². The van der Waals surface area contributed by atoms with Gasteiger partial charge in [0.1, 0.15) is 17.8 Å². The molecule has 0 saturated heterocycles. The Hall–Kier alpha value is -2.93. The summed E-state index contributed by atoms with van der Waals surface area (Å²) in [5, 5.41) is 7.46. The van der Waals surface area contributed by atoms with E-state index in [1.807, 2.05) is 19.1 Å². The molecule has 0 spiro atoms. The average Bonchev–Trinajstić information content (AvgIpc) is 2.58. The van der Waals surface area contributed by atoms with Crippen molar-refractivity contribution < 1.29 is 9.13 Å². The van der Waals surface area contributed by atoms with Crippen molar-refractivity contribution in [2.75, 3.05) is 12.4 Å². The fourth-order valence-corrected chi connectivity index (χ4v) is 2.72. The van der Waals surface area contributed by atoms with E-state index in [4.69, 9.17) is 16.3 Å². The van der Waals surface area contributed by atoms with E-state index in [2.05, 4.69) is 15.4 Å². The number of nitrogens with one attached hydrogen (secondary N) is 1. The van der Waals surface area contributed by atoms with Crippen molar-refractivity contribution in [2.24, 2.45) is 0 Å². The minimum Gasteiger partial charge on any atom is -0.497 e. The van der Waals surface area contributed by atoms with Crippen molar-refractivity contribution in [3.05, 3.63) is 74.9 Å². The number of halogens is 2. The molecule has 6 nitrogen and oxygen atoms in total. The van der Waals surface area contributed by atoms with E-state index >= 15 is 0 Å². The molecule has 8 heteroatoms. The second kappa shape index (κ2) is 7.53. The summed E-state index contributed by atoms with van der Waals surface area (Å²) in [7, 11) is 1.59. The van der Waals surface area contributed by atoms with Gasteiger partial charge in [-0.25, -0.2) is 9.07 Å². The van der Waals surface area contributed by atoms with Gasteiger partial charge in [0.05, 0.1) is 13.7 Å². The minimum absolute atomic E-state index is 0.197. The topological polar surface area (TPSA) is 69.0 Å². The molecule has 0 fully saturated rings. The summed E-state index contributed by atoms with van der Waals surface area (Å²) in [5.41, 5.74) is 1.77. The first-order chi connectivity index (χ1) is 12.4. The molecule has 2 aromatic carbocycles. The molecule has 1 heterocycles. The highest BCUT2D eigenvalue weighted by molar-refractivity contribution is 6.30. The molecule has 0 aliphatic heterocycles. The van der Waals surface area contributed by atoms with Crippen molar-refractivity contribution in [1.29, 1.82) is 0 Å². The molecule has 3 aromatic rings. The standard InChI is InChI=1S/C18H16ClFN4O2/c1-11-5-15(26-2)3-4-16(11)22-18-23-17(25)9-21-24(18)10-12-6-13(19)8-14(20)7-12/h3-9H,10H2,1-2H3,(H,22,23,25). The molecule has 3 rings (SSSR count). The number of hydrogen-bond donors (Lipinski definition) is 1. The third kappa shape index (κ3) is 4.18. The number of benzene rings is 2. The Morgan fingerprint density at radius 2 is 2.08 bits per heavy atom. The second-order valence-corrected chi connectivity index (χ2v) is 6.10. The van der Waals surface area contributed by atoms with Crippen LogP contribution in [0.5, 0.6) is 5.75 Å². The average molecular weight is 375 g/mol. The van der Waals surface area contributed by atoms with E-state index in [0.29, 0.717) is 5.56 Å². The molecule has 0 amide bonds. The van der Waals surface area contributed by atoms with E-state index in [1.165, 1.54) is 16.8 Å². The molecule has 1 N–H and O–H groups in total. The minimum atomic E-state index is -0.479.